The van der Waals surface area contributed by atoms with Crippen molar-refractivity contribution >= 4 is 5.97 Å². The summed E-state index contributed by atoms with van der Waals surface area (Å²) >= 11 is 0. The molecule has 6 nitrogen and oxygen atoms in total. The monoisotopic (exact) mass is 246 g/mol. The summed E-state index contributed by atoms with van der Waals surface area (Å²) in [5.41, 5.74) is 1.16. The van der Waals surface area contributed by atoms with Crippen molar-refractivity contribution in [3.05, 3.63) is 36.0 Å². The van der Waals surface area contributed by atoms with E-state index in [1.54, 1.807) is 36.3 Å². The van der Waals surface area contributed by atoms with Gasteiger partial charge in [0.05, 0.1) is 6.61 Å². The second-order valence-electron chi connectivity index (χ2n) is 3.62. The van der Waals surface area contributed by atoms with Crippen molar-refractivity contribution in [2.75, 3.05) is 6.61 Å². The van der Waals surface area contributed by atoms with Crippen molar-refractivity contribution in [1.29, 1.82) is 0 Å². The SMILES string of the molecule is CCOC(=O)c1cc(CC)c(-n2ccnc2)nn1. The zero-order chi connectivity index (χ0) is 13.0. The summed E-state index contributed by atoms with van der Waals surface area (Å²) < 4.78 is 6.66. The normalized spacial score (nSPS) is 10.3. The van der Waals surface area contributed by atoms with Gasteiger partial charge in [0.1, 0.15) is 6.33 Å². The molecule has 0 bridgehead atoms. The quantitative estimate of drug-likeness (QED) is 0.763. The van der Waals surface area contributed by atoms with Crippen LogP contribution in [-0.4, -0.2) is 32.3 Å². The number of nitrogens with zero attached hydrogens (tertiary/aromatic N) is 4. The number of carbonyl (C=O) groups is 1. The second kappa shape index (κ2) is 5.39. The molecule has 2 aromatic rings. The number of carbonyl (C=O) groups excluding carboxylic acids is 1. The minimum Gasteiger partial charge on any atom is -0.461 e. The fourth-order valence-electron chi connectivity index (χ4n) is 1.59. The van der Waals surface area contributed by atoms with Gasteiger partial charge in [-0.15, -0.1) is 10.2 Å². The van der Waals surface area contributed by atoms with Gasteiger partial charge in [-0.2, -0.15) is 0 Å². The zero-order valence-electron chi connectivity index (χ0n) is 10.3. The summed E-state index contributed by atoms with van der Waals surface area (Å²) in [6, 6.07) is 1.71. The van der Waals surface area contributed by atoms with E-state index < -0.39 is 5.97 Å². The molecular weight excluding hydrogens is 232 g/mol. The molecule has 0 N–H and O–H groups in total. The summed E-state index contributed by atoms with van der Waals surface area (Å²) in [4.78, 5) is 15.5. The Kier molecular flexibility index (Phi) is 3.66. The van der Waals surface area contributed by atoms with Gasteiger partial charge in [-0.05, 0) is 25.0 Å². The van der Waals surface area contributed by atoms with Crippen LogP contribution in [0.3, 0.4) is 0 Å². The molecule has 0 aromatic carbocycles. The first-order valence-electron chi connectivity index (χ1n) is 5.78. The first-order valence-corrected chi connectivity index (χ1v) is 5.78. The van der Waals surface area contributed by atoms with Crippen LogP contribution in [0.25, 0.3) is 5.82 Å². The van der Waals surface area contributed by atoms with E-state index in [2.05, 4.69) is 15.2 Å². The van der Waals surface area contributed by atoms with Crippen molar-refractivity contribution < 1.29 is 9.53 Å². The predicted octanol–water partition coefficient (Wildman–Crippen LogP) is 1.40. The molecule has 0 spiro atoms. The third-order valence-corrected chi connectivity index (χ3v) is 2.47. The number of hydrogen-bond acceptors (Lipinski definition) is 5. The van der Waals surface area contributed by atoms with Gasteiger partial charge in [0.25, 0.3) is 0 Å². The minimum atomic E-state index is -0.447. The van der Waals surface area contributed by atoms with Gasteiger partial charge in [0.15, 0.2) is 11.5 Å². The Morgan fingerprint density at radius 3 is 2.83 bits per heavy atom. The van der Waals surface area contributed by atoms with Crippen molar-refractivity contribution in [1.82, 2.24) is 19.7 Å². The molecule has 2 aromatic heterocycles. The average Bonchev–Trinajstić information content (AvgIpc) is 2.92. The Bertz CT molecular complexity index is 537. The average molecular weight is 246 g/mol. The number of esters is 1. The van der Waals surface area contributed by atoms with Crippen LogP contribution in [0, 0.1) is 0 Å². The first-order chi connectivity index (χ1) is 8.76. The Balaban J connectivity index is 2.38. The van der Waals surface area contributed by atoms with Gasteiger partial charge < -0.3 is 4.74 Å². The smallest absolute Gasteiger partial charge is 0.358 e. The third-order valence-electron chi connectivity index (χ3n) is 2.47. The molecule has 6 heteroatoms. The van der Waals surface area contributed by atoms with Crippen LogP contribution in [-0.2, 0) is 11.2 Å². The van der Waals surface area contributed by atoms with E-state index in [1.165, 1.54) is 0 Å². The highest BCUT2D eigenvalue weighted by molar-refractivity contribution is 5.87. The number of aromatic nitrogens is 4. The van der Waals surface area contributed by atoms with E-state index in [0.29, 0.717) is 12.4 Å². The fourth-order valence-corrected chi connectivity index (χ4v) is 1.59. The molecule has 0 aliphatic rings. The molecule has 0 aliphatic carbocycles. The standard InChI is InChI=1S/C12H14N4O2/c1-3-9-7-10(12(17)18-4-2)14-15-11(9)16-6-5-13-8-16/h5-8H,3-4H2,1-2H3. The van der Waals surface area contributed by atoms with E-state index in [-0.39, 0.29) is 5.69 Å². The van der Waals surface area contributed by atoms with Crippen molar-refractivity contribution in [2.45, 2.75) is 20.3 Å². The maximum absolute atomic E-state index is 11.6. The molecule has 94 valence electrons. The molecule has 2 rings (SSSR count). The van der Waals surface area contributed by atoms with E-state index >= 15 is 0 Å². The maximum Gasteiger partial charge on any atom is 0.358 e. The van der Waals surface area contributed by atoms with Crippen molar-refractivity contribution in [3.8, 4) is 5.82 Å². The lowest BCUT2D eigenvalue weighted by Crippen LogP contribution is -2.11. The van der Waals surface area contributed by atoms with E-state index in [0.717, 1.165) is 12.0 Å². The Morgan fingerprint density at radius 1 is 1.39 bits per heavy atom. The molecule has 0 saturated carbocycles. The van der Waals surface area contributed by atoms with Gasteiger partial charge in [-0.25, -0.2) is 9.78 Å². The van der Waals surface area contributed by atoms with E-state index in [9.17, 15) is 4.79 Å². The van der Waals surface area contributed by atoms with Gasteiger partial charge in [-0.3, -0.25) is 4.57 Å². The third kappa shape index (κ3) is 2.37. The highest BCUT2D eigenvalue weighted by Gasteiger charge is 2.13. The van der Waals surface area contributed by atoms with Gasteiger partial charge in [-0.1, -0.05) is 6.92 Å². The molecular formula is C12H14N4O2. The number of imidazole rings is 1. The van der Waals surface area contributed by atoms with Gasteiger partial charge >= 0.3 is 5.97 Å². The van der Waals surface area contributed by atoms with Crippen molar-refractivity contribution in [3.63, 3.8) is 0 Å². The molecule has 2 heterocycles. The maximum atomic E-state index is 11.6. The highest BCUT2D eigenvalue weighted by Crippen LogP contribution is 2.13. The van der Waals surface area contributed by atoms with Crippen LogP contribution in [0.5, 0.6) is 0 Å². The van der Waals surface area contributed by atoms with E-state index in [4.69, 9.17) is 4.74 Å². The Hall–Kier alpha value is -2.24. The number of hydrogen-bond donors (Lipinski definition) is 0. The summed E-state index contributed by atoms with van der Waals surface area (Å²) in [7, 11) is 0. The molecule has 0 saturated heterocycles. The number of ether oxygens (including phenoxy) is 1. The van der Waals surface area contributed by atoms with Crippen LogP contribution in [0.2, 0.25) is 0 Å². The van der Waals surface area contributed by atoms with Crippen LogP contribution in [0.15, 0.2) is 24.8 Å². The molecule has 0 amide bonds. The first kappa shape index (κ1) is 12.2. The molecule has 0 unspecified atom stereocenters. The molecule has 0 atom stereocenters. The molecule has 18 heavy (non-hydrogen) atoms. The fraction of sp³-hybridized carbons (Fsp3) is 0.333. The second-order valence-corrected chi connectivity index (χ2v) is 3.62. The summed E-state index contributed by atoms with van der Waals surface area (Å²) in [6.45, 7) is 4.07. The van der Waals surface area contributed by atoms with Gasteiger partial charge in [0, 0.05) is 12.4 Å². The van der Waals surface area contributed by atoms with Gasteiger partial charge in [0.2, 0.25) is 0 Å². The Labute approximate surface area is 105 Å². The largest absolute Gasteiger partial charge is 0.461 e. The predicted molar refractivity (Wildman–Crippen MR) is 64.5 cm³/mol. The topological polar surface area (TPSA) is 69.9 Å². The minimum absolute atomic E-state index is 0.234. The van der Waals surface area contributed by atoms with Crippen LogP contribution >= 0.6 is 0 Å². The lowest BCUT2D eigenvalue weighted by atomic mass is 10.2. The molecule has 0 fully saturated rings. The summed E-state index contributed by atoms with van der Waals surface area (Å²) in [5.74, 6) is 0.236. The zero-order valence-corrected chi connectivity index (χ0v) is 10.3. The van der Waals surface area contributed by atoms with Crippen LogP contribution in [0.4, 0.5) is 0 Å². The van der Waals surface area contributed by atoms with E-state index in [1.807, 2.05) is 6.92 Å². The number of rotatable bonds is 4. The lowest BCUT2D eigenvalue weighted by molar-refractivity contribution is 0.0518. The Morgan fingerprint density at radius 2 is 2.22 bits per heavy atom. The summed E-state index contributed by atoms with van der Waals surface area (Å²) in [5, 5.41) is 7.96. The molecule has 0 radical (unpaired) electrons. The summed E-state index contributed by atoms with van der Waals surface area (Å²) in [6.07, 6.45) is 5.84. The highest BCUT2D eigenvalue weighted by atomic mass is 16.5. The number of aryl methyl sites for hydroxylation is 1. The van der Waals surface area contributed by atoms with Crippen molar-refractivity contribution in [2.24, 2.45) is 0 Å². The lowest BCUT2D eigenvalue weighted by Gasteiger charge is -2.08. The van der Waals surface area contributed by atoms with Crippen LogP contribution < -0.4 is 0 Å². The molecule has 0 aliphatic heterocycles. The van der Waals surface area contributed by atoms with Crippen LogP contribution in [0.1, 0.15) is 29.9 Å².